The molecule has 104 valence electrons. The van der Waals surface area contributed by atoms with E-state index >= 15 is 0 Å². The van der Waals surface area contributed by atoms with Crippen molar-refractivity contribution >= 4 is 11.8 Å². The second-order valence-corrected chi connectivity index (χ2v) is 3.96. The van der Waals surface area contributed by atoms with Gasteiger partial charge in [-0.2, -0.15) is 5.06 Å². The third kappa shape index (κ3) is 4.23. The fraction of sp³-hybridized carbons (Fsp3) is 0.333. The summed E-state index contributed by atoms with van der Waals surface area (Å²) < 4.78 is 0. The molecule has 2 rings (SSSR count). The van der Waals surface area contributed by atoms with Crippen LogP contribution in [0.4, 0.5) is 0 Å². The lowest BCUT2D eigenvalue weighted by atomic mass is 10.1. The summed E-state index contributed by atoms with van der Waals surface area (Å²) in [5.41, 5.74) is 6.24. The summed E-state index contributed by atoms with van der Waals surface area (Å²) in [6, 6.07) is 4.71. The number of carbonyl (C=O) groups is 2. The number of amides is 2. The molecule has 1 aliphatic heterocycles. The zero-order chi connectivity index (χ0) is 14.4. The van der Waals surface area contributed by atoms with Crippen LogP contribution in [0.15, 0.2) is 18.2 Å². The third-order valence-corrected chi connectivity index (χ3v) is 2.50. The van der Waals surface area contributed by atoms with Crippen molar-refractivity contribution in [2.75, 3.05) is 6.54 Å². The average molecular weight is 268 g/mol. The van der Waals surface area contributed by atoms with Gasteiger partial charge in [-0.05, 0) is 30.7 Å². The molecular weight excluding hydrogens is 252 g/mol. The molecule has 0 radical (unpaired) electrons. The predicted octanol–water partition coefficient (Wildman–Crippen LogP) is 0.124. The maximum Gasteiger partial charge on any atom is 0.253 e. The van der Waals surface area contributed by atoms with Gasteiger partial charge in [-0.15, -0.1) is 0 Å². The highest BCUT2D eigenvalue weighted by molar-refractivity contribution is 6.00. The Morgan fingerprint density at radius 1 is 1.11 bits per heavy atom. The molecule has 2 amide bonds. The lowest BCUT2D eigenvalue weighted by Gasteiger charge is -2.00. The minimum Gasteiger partial charge on any atom is -0.504 e. The molecule has 1 aromatic carbocycles. The Labute approximate surface area is 109 Å². The van der Waals surface area contributed by atoms with Gasteiger partial charge in [0, 0.05) is 12.8 Å². The van der Waals surface area contributed by atoms with Crippen LogP contribution in [0.3, 0.4) is 0 Å². The fourth-order valence-electron chi connectivity index (χ4n) is 1.46. The van der Waals surface area contributed by atoms with E-state index in [4.69, 9.17) is 21.2 Å². The number of imide groups is 1. The van der Waals surface area contributed by atoms with Gasteiger partial charge in [0.15, 0.2) is 11.5 Å². The van der Waals surface area contributed by atoms with E-state index in [0.29, 0.717) is 13.0 Å². The lowest BCUT2D eigenvalue weighted by Crippen LogP contribution is -2.24. The monoisotopic (exact) mass is 268 g/mol. The Hall–Kier alpha value is -2.12. The third-order valence-electron chi connectivity index (χ3n) is 2.50. The Morgan fingerprint density at radius 3 is 2.05 bits per heavy atom. The highest BCUT2D eigenvalue weighted by Crippen LogP contribution is 2.24. The molecule has 19 heavy (non-hydrogen) atoms. The van der Waals surface area contributed by atoms with Gasteiger partial charge < -0.3 is 15.9 Å². The first kappa shape index (κ1) is 14.9. The van der Waals surface area contributed by atoms with Crippen LogP contribution >= 0.6 is 0 Å². The molecular formula is C12H16N2O5. The van der Waals surface area contributed by atoms with Crippen molar-refractivity contribution in [1.29, 1.82) is 0 Å². The number of hydroxylamine groups is 2. The number of aromatic hydroxyl groups is 2. The summed E-state index contributed by atoms with van der Waals surface area (Å²) in [5.74, 6) is -1.19. The molecule has 0 saturated carbocycles. The van der Waals surface area contributed by atoms with Crippen molar-refractivity contribution in [3.63, 3.8) is 0 Å². The van der Waals surface area contributed by atoms with Crippen LogP contribution in [0.2, 0.25) is 0 Å². The summed E-state index contributed by atoms with van der Waals surface area (Å²) >= 11 is 0. The lowest BCUT2D eigenvalue weighted by molar-refractivity contribution is -0.171. The standard InChI is InChI=1S/C8H11NO2.C4H5NO3/c9-4-3-6-1-2-7(10)8(11)5-6;6-3-1-2-4(7)5(3)8/h1-2,5,10-11H,3-4,9H2;8H,1-2H2. The van der Waals surface area contributed by atoms with Crippen LogP contribution in [0.1, 0.15) is 18.4 Å². The van der Waals surface area contributed by atoms with Gasteiger partial charge in [0.2, 0.25) is 0 Å². The van der Waals surface area contributed by atoms with E-state index in [0.717, 1.165) is 5.56 Å². The van der Waals surface area contributed by atoms with Gasteiger partial charge in [-0.3, -0.25) is 14.8 Å². The summed E-state index contributed by atoms with van der Waals surface area (Å²) in [7, 11) is 0. The zero-order valence-corrected chi connectivity index (χ0v) is 10.2. The zero-order valence-electron chi connectivity index (χ0n) is 10.2. The number of rotatable bonds is 2. The van der Waals surface area contributed by atoms with Crippen molar-refractivity contribution < 1.29 is 25.0 Å². The van der Waals surface area contributed by atoms with Gasteiger partial charge >= 0.3 is 0 Å². The fourth-order valence-corrected chi connectivity index (χ4v) is 1.46. The van der Waals surface area contributed by atoms with Crippen LogP contribution in [-0.2, 0) is 16.0 Å². The van der Waals surface area contributed by atoms with E-state index in [1.54, 1.807) is 6.07 Å². The van der Waals surface area contributed by atoms with Gasteiger partial charge in [-0.25, -0.2) is 0 Å². The van der Waals surface area contributed by atoms with E-state index in [9.17, 15) is 9.59 Å². The number of hydrogen-bond acceptors (Lipinski definition) is 6. The summed E-state index contributed by atoms with van der Waals surface area (Å²) in [6.45, 7) is 0.546. The Kier molecular flexibility index (Phi) is 5.28. The Bertz CT molecular complexity index is 459. The first-order chi connectivity index (χ1) is 8.95. The number of nitrogens with two attached hydrogens (primary N) is 1. The van der Waals surface area contributed by atoms with Crippen LogP contribution in [0.5, 0.6) is 11.5 Å². The van der Waals surface area contributed by atoms with E-state index in [-0.39, 0.29) is 29.4 Å². The number of benzene rings is 1. The molecule has 1 fully saturated rings. The highest BCUT2D eigenvalue weighted by atomic mass is 16.5. The largest absolute Gasteiger partial charge is 0.504 e. The van der Waals surface area contributed by atoms with Gasteiger partial charge in [0.1, 0.15) is 0 Å². The topological polar surface area (TPSA) is 124 Å². The molecule has 0 bridgehead atoms. The van der Waals surface area contributed by atoms with E-state index < -0.39 is 11.8 Å². The maximum absolute atomic E-state index is 10.2. The molecule has 7 heteroatoms. The van der Waals surface area contributed by atoms with Crippen LogP contribution < -0.4 is 5.73 Å². The van der Waals surface area contributed by atoms with E-state index in [1.807, 2.05) is 0 Å². The van der Waals surface area contributed by atoms with Crippen molar-refractivity contribution in [2.24, 2.45) is 5.73 Å². The van der Waals surface area contributed by atoms with Crippen LogP contribution in [0.25, 0.3) is 0 Å². The number of phenols is 2. The first-order valence-electron chi connectivity index (χ1n) is 5.71. The SMILES string of the molecule is NCCc1ccc(O)c(O)c1.O=C1CCC(=O)N1O. The van der Waals surface area contributed by atoms with Crippen molar-refractivity contribution in [3.8, 4) is 11.5 Å². The molecule has 7 nitrogen and oxygen atoms in total. The molecule has 0 unspecified atom stereocenters. The maximum atomic E-state index is 10.2. The second kappa shape index (κ2) is 6.72. The van der Waals surface area contributed by atoms with Crippen molar-refractivity contribution in [2.45, 2.75) is 19.3 Å². The van der Waals surface area contributed by atoms with Crippen molar-refractivity contribution in [1.82, 2.24) is 5.06 Å². The molecule has 0 aliphatic carbocycles. The number of hydrogen-bond donors (Lipinski definition) is 4. The average Bonchev–Trinajstić information content (AvgIpc) is 2.67. The molecule has 1 saturated heterocycles. The second-order valence-electron chi connectivity index (χ2n) is 3.96. The molecule has 0 aromatic heterocycles. The molecule has 1 aliphatic rings. The van der Waals surface area contributed by atoms with Gasteiger partial charge in [0.05, 0.1) is 0 Å². The minimum absolute atomic E-state index is 0.0871. The molecule has 1 aromatic rings. The molecule has 0 atom stereocenters. The van der Waals surface area contributed by atoms with Gasteiger partial charge in [-0.1, -0.05) is 6.07 Å². The predicted molar refractivity (Wildman–Crippen MR) is 65.4 cm³/mol. The molecule has 1 heterocycles. The van der Waals surface area contributed by atoms with Crippen LogP contribution in [-0.4, -0.2) is 38.8 Å². The van der Waals surface area contributed by atoms with E-state index in [2.05, 4.69) is 0 Å². The number of carbonyl (C=O) groups excluding carboxylic acids is 2. The Balaban J connectivity index is 0.000000200. The van der Waals surface area contributed by atoms with Crippen LogP contribution in [0, 0.1) is 0 Å². The number of nitrogens with zero attached hydrogens (tertiary/aromatic N) is 1. The number of phenolic OH excluding ortho intramolecular Hbond substituents is 2. The first-order valence-corrected chi connectivity index (χ1v) is 5.71. The smallest absolute Gasteiger partial charge is 0.253 e. The minimum atomic E-state index is -0.505. The summed E-state index contributed by atoms with van der Waals surface area (Å²) in [5, 5.41) is 26.5. The normalized spacial score (nSPS) is 14.3. The quantitative estimate of drug-likeness (QED) is 0.343. The summed E-state index contributed by atoms with van der Waals surface area (Å²) in [4.78, 5) is 20.5. The molecule has 5 N–H and O–H groups in total. The summed E-state index contributed by atoms with van der Waals surface area (Å²) in [6.07, 6.45) is 1.01. The van der Waals surface area contributed by atoms with Crippen molar-refractivity contribution in [3.05, 3.63) is 23.8 Å². The Morgan fingerprint density at radius 2 is 1.68 bits per heavy atom. The highest BCUT2D eigenvalue weighted by Gasteiger charge is 2.26. The molecule has 0 spiro atoms. The van der Waals surface area contributed by atoms with E-state index in [1.165, 1.54) is 12.1 Å². The van der Waals surface area contributed by atoms with Gasteiger partial charge in [0.25, 0.3) is 11.8 Å².